The highest BCUT2D eigenvalue weighted by Gasteiger charge is 2.33. The summed E-state index contributed by atoms with van der Waals surface area (Å²) in [5, 5.41) is 7.71. The Morgan fingerprint density at radius 2 is 1.72 bits per heavy atom. The predicted molar refractivity (Wildman–Crippen MR) is 109 cm³/mol. The summed E-state index contributed by atoms with van der Waals surface area (Å²) in [4.78, 5) is 12.6. The highest BCUT2D eigenvalue weighted by atomic mass is 16.5. The van der Waals surface area contributed by atoms with Crippen molar-refractivity contribution in [3.8, 4) is 22.9 Å². The van der Waals surface area contributed by atoms with Crippen molar-refractivity contribution in [1.29, 1.82) is 0 Å². The van der Waals surface area contributed by atoms with E-state index < -0.39 is 0 Å². The van der Waals surface area contributed by atoms with Crippen LogP contribution in [0.4, 0.5) is 5.82 Å². The summed E-state index contributed by atoms with van der Waals surface area (Å²) in [6.45, 7) is 1.96. The molecule has 4 rings (SSSR count). The van der Waals surface area contributed by atoms with E-state index in [2.05, 4.69) is 5.32 Å². The van der Waals surface area contributed by atoms with E-state index in [0.717, 1.165) is 28.3 Å². The Hall–Kier alpha value is -3.48. The first-order chi connectivity index (χ1) is 14.0. The van der Waals surface area contributed by atoms with E-state index in [-0.39, 0.29) is 11.8 Å². The number of anilines is 1. The summed E-state index contributed by atoms with van der Waals surface area (Å²) in [7, 11) is 4.84. The van der Waals surface area contributed by atoms with E-state index in [0.29, 0.717) is 23.7 Å². The lowest BCUT2D eigenvalue weighted by Gasteiger charge is -2.25. The summed E-state index contributed by atoms with van der Waals surface area (Å²) < 4.78 is 17.8. The zero-order chi connectivity index (χ0) is 20.5. The molecule has 0 fully saturated rings. The number of hydrogen-bond donors (Lipinski definition) is 1. The van der Waals surface area contributed by atoms with E-state index in [1.54, 1.807) is 26.0 Å². The number of aryl methyl sites for hydroxylation is 1. The molecule has 1 aromatic heterocycles. The Morgan fingerprint density at radius 1 is 1.00 bits per heavy atom. The second-order valence-corrected chi connectivity index (χ2v) is 6.88. The van der Waals surface area contributed by atoms with Gasteiger partial charge in [-0.15, -0.1) is 0 Å². The van der Waals surface area contributed by atoms with Gasteiger partial charge in [-0.3, -0.25) is 4.79 Å². The fourth-order valence-electron chi connectivity index (χ4n) is 3.81. The Labute approximate surface area is 169 Å². The van der Waals surface area contributed by atoms with Crippen LogP contribution in [0.5, 0.6) is 17.2 Å². The maximum absolute atomic E-state index is 12.6. The molecule has 0 unspecified atom stereocenters. The van der Waals surface area contributed by atoms with Gasteiger partial charge in [-0.25, -0.2) is 4.68 Å². The molecule has 7 heteroatoms. The SMILES string of the molecule is COc1ccc(-n2nc(C)c3c2NC(=O)C[C@H]3c2ccc(OC)c(OC)c2)cc1. The Balaban J connectivity index is 1.81. The molecule has 0 spiro atoms. The second kappa shape index (κ2) is 7.50. The van der Waals surface area contributed by atoms with Gasteiger partial charge in [0, 0.05) is 17.9 Å². The van der Waals surface area contributed by atoms with Crippen molar-refractivity contribution in [2.75, 3.05) is 26.6 Å². The average molecular weight is 393 g/mol. The van der Waals surface area contributed by atoms with Crippen molar-refractivity contribution < 1.29 is 19.0 Å². The number of rotatable bonds is 5. The number of aromatic nitrogens is 2. The highest BCUT2D eigenvalue weighted by molar-refractivity contribution is 5.95. The standard InChI is InChI=1S/C22H23N3O4/c1-13-21-17(14-5-10-18(28-3)19(11-14)29-4)12-20(26)23-22(21)25(24-13)15-6-8-16(27-2)9-7-15/h5-11,17H,12H2,1-4H3,(H,23,26)/t17-/m0/s1. The van der Waals surface area contributed by atoms with Gasteiger partial charge in [-0.1, -0.05) is 6.07 Å². The normalized spacial score (nSPS) is 15.4. The van der Waals surface area contributed by atoms with Crippen molar-refractivity contribution in [2.24, 2.45) is 0 Å². The molecule has 2 heterocycles. The third-order valence-electron chi connectivity index (χ3n) is 5.23. The second-order valence-electron chi connectivity index (χ2n) is 6.88. The van der Waals surface area contributed by atoms with Gasteiger partial charge >= 0.3 is 0 Å². The first-order valence-electron chi connectivity index (χ1n) is 9.31. The lowest BCUT2D eigenvalue weighted by Crippen LogP contribution is -2.25. The average Bonchev–Trinajstić information content (AvgIpc) is 3.08. The van der Waals surface area contributed by atoms with Crippen molar-refractivity contribution in [3.05, 3.63) is 59.3 Å². The Bertz CT molecular complexity index is 1060. The van der Waals surface area contributed by atoms with Gasteiger partial charge in [0.05, 0.1) is 32.7 Å². The molecule has 1 aliphatic rings. The molecular formula is C22H23N3O4. The van der Waals surface area contributed by atoms with Crippen LogP contribution in [0.25, 0.3) is 5.69 Å². The molecule has 0 bridgehead atoms. The van der Waals surface area contributed by atoms with Crippen LogP contribution in [0, 0.1) is 6.92 Å². The number of nitrogens with zero attached hydrogens (tertiary/aromatic N) is 2. The van der Waals surface area contributed by atoms with Crippen LogP contribution < -0.4 is 19.5 Å². The molecule has 0 saturated carbocycles. The van der Waals surface area contributed by atoms with E-state index in [9.17, 15) is 4.79 Å². The molecule has 3 aromatic rings. The van der Waals surface area contributed by atoms with Gasteiger partial charge in [0.1, 0.15) is 11.6 Å². The molecule has 7 nitrogen and oxygen atoms in total. The molecule has 29 heavy (non-hydrogen) atoms. The first kappa shape index (κ1) is 18.9. The molecule has 2 aromatic carbocycles. The lowest BCUT2D eigenvalue weighted by molar-refractivity contribution is -0.116. The maximum Gasteiger partial charge on any atom is 0.226 e. The van der Waals surface area contributed by atoms with Crippen LogP contribution in [0.15, 0.2) is 42.5 Å². The van der Waals surface area contributed by atoms with Crippen LogP contribution in [0.1, 0.15) is 29.2 Å². The Kier molecular flexibility index (Phi) is 4.88. The topological polar surface area (TPSA) is 74.6 Å². The number of hydrogen-bond acceptors (Lipinski definition) is 5. The minimum absolute atomic E-state index is 0.0491. The molecule has 0 aliphatic carbocycles. The molecule has 0 radical (unpaired) electrons. The number of carbonyl (C=O) groups excluding carboxylic acids is 1. The molecular weight excluding hydrogens is 370 g/mol. The van der Waals surface area contributed by atoms with Crippen molar-refractivity contribution in [3.63, 3.8) is 0 Å². The zero-order valence-corrected chi connectivity index (χ0v) is 16.9. The van der Waals surface area contributed by atoms with Crippen molar-refractivity contribution in [2.45, 2.75) is 19.3 Å². The van der Waals surface area contributed by atoms with Gasteiger partial charge in [0.2, 0.25) is 5.91 Å². The fraction of sp³-hybridized carbons (Fsp3) is 0.273. The summed E-state index contributed by atoms with van der Waals surface area (Å²) >= 11 is 0. The van der Waals surface area contributed by atoms with Crippen LogP contribution >= 0.6 is 0 Å². The number of fused-ring (bicyclic) bond motifs is 1. The number of benzene rings is 2. The highest BCUT2D eigenvalue weighted by Crippen LogP contribution is 2.42. The van der Waals surface area contributed by atoms with Crippen LogP contribution in [-0.4, -0.2) is 37.0 Å². The van der Waals surface area contributed by atoms with Crippen molar-refractivity contribution >= 4 is 11.7 Å². The third kappa shape index (κ3) is 3.29. The van der Waals surface area contributed by atoms with E-state index in [4.69, 9.17) is 19.3 Å². The lowest BCUT2D eigenvalue weighted by atomic mass is 9.85. The Morgan fingerprint density at radius 3 is 2.38 bits per heavy atom. The zero-order valence-electron chi connectivity index (χ0n) is 16.9. The third-order valence-corrected chi connectivity index (χ3v) is 5.23. The quantitative estimate of drug-likeness (QED) is 0.716. The number of ether oxygens (including phenoxy) is 3. The molecule has 150 valence electrons. The van der Waals surface area contributed by atoms with E-state index >= 15 is 0 Å². The monoisotopic (exact) mass is 393 g/mol. The van der Waals surface area contributed by atoms with Crippen LogP contribution in [0.2, 0.25) is 0 Å². The largest absolute Gasteiger partial charge is 0.497 e. The van der Waals surface area contributed by atoms with Crippen LogP contribution in [-0.2, 0) is 4.79 Å². The molecule has 1 aliphatic heterocycles. The van der Waals surface area contributed by atoms with E-state index in [1.165, 1.54) is 0 Å². The molecule has 1 amide bonds. The number of amides is 1. The summed E-state index contributed by atoms with van der Waals surface area (Å²) in [6, 6.07) is 13.3. The van der Waals surface area contributed by atoms with Crippen molar-refractivity contribution in [1.82, 2.24) is 9.78 Å². The fourth-order valence-corrected chi connectivity index (χ4v) is 3.81. The molecule has 1 N–H and O–H groups in total. The van der Waals surface area contributed by atoms with Gasteiger partial charge in [-0.05, 0) is 48.9 Å². The minimum Gasteiger partial charge on any atom is -0.497 e. The van der Waals surface area contributed by atoms with Gasteiger partial charge in [0.15, 0.2) is 11.5 Å². The smallest absolute Gasteiger partial charge is 0.226 e. The summed E-state index contributed by atoms with van der Waals surface area (Å²) in [5.41, 5.74) is 3.71. The number of methoxy groups -OCH3 is 3. The van der Waals surface area contributed by atoms with Crippen LogP contribution in [0.3, 0.4) is 0 Å². The summed E-state index contributed by atoms with van der Waals surface area (Å²) in [5.74, 6) is 2.58. The minimum atomic E-state index is -0.120. The summed E-state index contributed by atoms with van der Waals surface area (Å²) in [6.07, 6.45) is 0.345. The maximum atomic E-state index is 12.6. The van der Waals surface area contributed by atoms with Gasteiger partial charge < -0.3 is 19.5 Å². The predicted octanol–water partition coefficient (Wildman–Crippen LogP) is 3.68. The van der Waals surface area contributed by atoms with E-state index in [1.807, 2.05) is 49.4 Å². The molecule has 0 saturated heterocycles. The first-order valence-corrected chi connectivity index (χ1v) is 9.31. The number of nitrogens with one attached hydrogen (secondary N) is 1. The van der Waals surface area contributed by atoms with Gasteiger partial charge in [0.25, 0.3) is 0 Å². The molecule has 1 atom stereocenters. The number of carbonyl (C=O) groups is 1. The van der Waals surface area contributed by atoms with Gasteiger partial charge in [-0.2, -0.15) is 5.10 Å².